The summed E-state index contributed by atoms with van der Waals surface area (Å²) in [5.74, 6) is 0.617. The molecule has 1 aromatic heterocycles. The Bertz CT molecular complexity index is 942. The van der Waals surface area contributed by atoms with E-state index in [1.54, 1.807) is 25.3 Å². The number of carbonyl (C=O) groups excluding carboxylic acids is 1. The van der Waals surface area contributed by atoms with Crippen LogP contribution in [0.25, 0.3) is 0 Å². The molecule has 28 heavy (non-hydrogen) atoms. The number of hydrogen-bond acceptors (Lipinski definition) is 5. The highest BCUT2D eigenvalue weighted by Crippen LogP contribution is 2.19. The molecule has 0 saturated heterocycles. The van der Waals surface area contributed by atoms with Gasteiger partial charge in [0, 0.05) is 24.8 Å². The second-order valence-corrected chi connectivity index (χ2v) is 6.55. The van der Waals surface area contributed by atoms with Gasteiger partial charge in [-0.3, -0.25) is 9.69 Å². The van der Waals surface area contributed by atoms with Crippen molar-refractivity contribution in [2.24, 2.45) is 0 Å². The van der Waals surface area contributed by atoms with Crippen molar-refractivity contribution < 1.29 is 14.6 Å². The number of anilines is 1. The Labute approximate surface area is 164 Å². The van der Waals surface area contributed by atoms with Gasteiger partial charge in [0.2, 0.25) is 0 Å². The highest BCUT2D eigenvalue weighted by atomic mass is 16.5. The number of amides is 1. The number of methoxy groups -OCH3 is 1. The molecule has 6 nitrogen and oxygen atoms in total. The number of aromatic nitrogens is 1. The molecule has 1 amide bonds. The predicted octanol–water partition coefficient (Wildman–Crippen LogP) is 3.68. The van der Waals surface area contributed by atoms with E-state index in [1.807, 2.05) is 37.4 Å². The Hall–Kier alpha value is -3.38. The van der Waals surface area contributed by atoms with Gasteiger partial charge in [-0.2, -0.15) is 0 Å². The summed E-state index contributed by atoms with van der Waals surface area (Å²) in [4.78, 5) is 18.5. The van der Waals surface area contributed by atoms with Gasteiger partial charge >= 0.3 is 0 Å². The van der Waals surface area contributed by atoms with Crippen molar-refractivity contribution in [3.63, 3.8) is 0 Å². The fourth-order valence-corrected chi connectivity index (χ4v) is 2.88. The van der Waals surface area contributed by atoms with E-state index in [1.165, 1.54) is 17.8 Å². The lowest BCUT2D eigenvalue weighted by Crippen LogP contribution is -2.17. The van der Waals surface area contributed by atoms with Crippen LogP contribution in [0, 0.1) is 0 Å². The van der Waals surface area contributed by atoms with Crippen molar-refractivity contribution in [2.75, 3.05) is 19.5 Å². The van der Waals surface area contributed by atoms with Crippen LogP contribution in [0.4, 0.5) is 5.82 Å². The lowest BCUT2D eigenvalue weighted by molar-refractivity contribution is 0.102. The quantitative estimate of drug-likeness (QED) is 0.657. The minimum absolute atomic E-state index is 0.0633. The van der Waals surface area contributed by atoms with E-state index in [4.69, 9.17) is 4.74 Å². The summed E-state index contributed by atoms with van der Waals surface area (Å²) < 4.78 is 5.26. The molecule has 3 aromatic rings. The van der Waals surface area contributed by atoms with Crippen LogP contribution in [0.1, 0.15) is 21.5 Å². The lowest BCUT2D eigenvalue weighted by Gasteiger charge is -2.17. The first-order valence-electron chi connectivity index (χ1n) is 8.91. The third kappa shape index (κ3) is 5.08. The van der Waals surface area contributed by atoms with Crippen LogP contribution in [0.3, 0.4) is 0 Å². The summed E-state index contributed by atoms with van der Waals surface area (Å²) in [5.41, 5.74) is 2.78. The monoisotopic (exact) mass is 377 g/mol. The number of benzene rings is 2. The van der Waals surface area contributed by atoms with E-state index >= 15 is 0 Å². The Balaban J connectivity index is 1.59. The Morgan fingerprint density at radius 3 is 2.54 bits per heavy atom. The fraction of sp³-hybridized carbons (Fsp3) is 0.182. The van der Waals surface area contributed by atoms with Gasteiger partial charge in [-0.1, -0.05) is 24.3 Å². The summed E-state index contributed by atoms with van der Waals surface area (Å²) in [6.45, 7) is 1.54. The molecule has 0 aliphatic heterocycles. The van der Waals surface area contributed by atoms with Crippen LogP contribution in [-0.4, -0.2) is 35.1 Å². The largest absolute Gasteiger partial charge is 0.504 e. The molecular weight excluding hydrogens is 354 g/mol. The van der Waals surface area contributed by atoms with E-state index in [-0.39, 0.29) is 17.5 Å². The predicted molar refractivity (Wildman–Crippen MR) is 108 cm³/mol. The van der Waals surface area contributed by atoms with Crippen molar-refractivity contribution in [1.82, 2.24) is 9.88 Å². The molecule has 144 valence electrons. The van der Waals surface area contributed by atoms with Crippen molar-refractivity contribution in [3.8, 4) is 11.5 Å². The maximum absolute atomic E-state index is 12.3. The molecule has 0 fully saturated rings. The van der Waals surface area contributed by atoms with Gasteiger partial charge in [0.05, 0.1) is 7.11 Å². The highest BCUT2D eigenvalue weighted by molar-refractivity contribution is 6.04. The van der Waals surface area contributed by atoms with E-state index in [9.17, 15) is 9.90 Å². The van der Waals surface area contributed by atoms with Gasteiger partial charge in [-0.05, 0) is 54.6 Å². The van der Waals surface area contributed by atoms with Crippen LogP contribution in [0.15, 0.2) is 66.9 Å². The first-order chi connectivity index (χ1) is 13.5. The second kappa shape index (κ2) is 9.01. The zero-order valence-electron chi connectivity index (χ0n) is 15.9. The summed E-state index contributed by atoms with van der Waals surface area (Å²) in [5, 5.41) is 12.3. The smallest absolute Gasteiger partial charge is 0.256 e. The van der Waals surface area contributed by atoms with Crippen LogP contribution < -0.4 is 10.1 Å². The Morgan fingerprint density at radius 1 is 1.07 bits per heavy atom. The van der Waals surface area contributed by atoms with Gasteiger partial charge in [-0.15, -0.1) is 0 Å². The number of nitrogens with one attached hydrogen (secondary N) is 1. The molecular formula is C22H23N3O3. The minimum Gasteiger partial charge on any atom is -0.504 e. The van der Waals surface area contributed by atoms with Gasteiger partial charge in [-0.25, -0.2) is 4.98 Å². The molecule has 0 radical (unpaired) electrons. The van der Waals surface area contributed by atoms with E-state index in [0.29, 0.717) is 5.56 Å². The standard InChI is InChI=1S/C22H23N3O3/c1-25(15-17-5-3-6-19(13-17)28-2)14-16-8-10-18(11-9-16)22(27)24-21-20(26)7-4-12-23-21/h3-13,26H,14-15H2,1-2H3,(H,23,24,27). The molecule has 0 aliphatic carbocycles. The van der Waals surface area contributed by atoms with E-state index < -0.39 is 0 Å². The third-order valence-electron chi connectivity index (χ3n) is 4.27. The molecule has 0 spiro atoms. The maximum Gasteiger partial charge on any atom is 0.256 e. The van der Waals surface area contributed by atoms with E-state index in [2.05, 4.69) is 21.3 Å². The van der Waals surface area contributed by atoms with E-state index in [0.717, 1.165) is 24.4 Å². The zero-order chi connectivity index (χ0) is 19.9. The summed E-state index contributed by atoms with van der Waals surface area (Å²) >= 11 is 0. The number of carbonyl (C=O) groups is 1. The van der Waals surface area contributed by atoms with Crippen molar-refractivity contribution >= 4 is 11.7 Å². The van der Waals surface area contributed by atoms with Crippen molar-refractivity contribution in [2.45, 2.75) is 13.1 Å². The number of pyridine rings is 1. The number of rotatable bonds is 7. The molecule has 3 rings (SSSR count). The normalized spacial score (nSPS) is 10.7. The van der Waals surface area contributed by atoms with Crippen LogP contribution in [-0.2, 0) is 13.1 Å². The summed E-state index contributed by atoms with van der Waals surface area (Å²) in [7, 11) is 3.71. The van der Waals surface area contributed by atoms with Crippen LogP contribution in [0.2, 0.25) is 0 Å². The average Bonchev–Trinajstić information content (AvgIpc) is 2.70. The molecule has 0 unspecified atom stereocenters. The first kappa shape index (κ1) is 19.4. The zero-order valence-corrected chi connectivity index (χ0v) is 15.9. The minimum atomic E-state index is -0.315. The van der Waals surface area contributed by atoms with Gasteiger partial charge in [0.15, 0.2) is 11.6 Å². The van der Waals surface area contributed by atoms with Gasteiger partial charge < -0.3 is 15.2 Å². The Kier molecular flexibility index (Phi) is 6.24. The molecule has 2 N–H and O–H groups in total. The van der Waals surface area contributed by atoms with Gasteiger partial charge in [0.1, 0.15) is 5.75 Å². The molecule has 0 atom stereocenters. The van der Waals surface area contributed by atoms with Crippen LogP contribution >= 0.6 is 0 Å². The van der Waals surface area contributed by atoms with Gasteiger partial charge in [0.25, 0.3) is 5.91 Å². The van der Waals surface area contributed by atoms with Crippen LogP contribution in [0.5, 0.6) is 11.5 Å². The highest BCUT2D eigenvalue weighted by Gasteiger charge is 2.10. The number of aromatic hydroxyl groups is 1. The SMILES string of the molecule is COc1cccc(CN(C)Cc2ccc(C(=O)Nc3ncccc3O)cc2)c1. The molecule has 0 saturated carbocycles. The molecule has 0 aliphatic rings. The number of hydrogen-bond donors (Lipinski definition) is 2. The molecule has 0 bridgehead atoms. The first-order valence-corrected chi connectivity index (χ1v) is 8.91. The third-order valence-corrected chi connectivity index (χ3v) is 4.27. The molecule has 2 aromatic carbocycles. The summed E-state index contributed by atoms with van der Waals surface area (Å²) in [6.07, 6.45) is 1.51. The summed E-state index contributed by atoms with van der Waals surface area (Å²) in [6, 6.07) is 18.5. The Morgan fingerprint density at radius 2 is 1.82 bits per heavy atom. The average molecular weight is 377 g/mol. The molecule has 1 heterocycles. The topological polar surface area (TPSA) is 74.7 Å². The fourth-order valence-electron chi connectivity index (χ4n) is 2.88. The second-order valence-electron chi connectivity index (χ2n) is 6.55. The number of ether oxygens (including phenoxy) is 1. The number of nitrogens with zero attached hydrogens (tertiary/aromatic N) is 2. The maximum atomic E-state index is 12.3. The van der Waals surface area contributed by atoms with Crippen molar-refractivity contribution in [1.29, 1.82) is 0 Å². The molecule has 6 heteroatoms. The van der Waals surface area contributed by atoms with Crippen molar-refractivity contribution in [3.05, 3.63) is 83.6 Å². The lowest BCUT2D eigenvalue weighted by atomic mass is 10.1.